The molecule has 0 aliphatic rings. The van der Waals surface area contributed by atoms with Gasteiger partial charge in [-0.3, -0.25) is 4.99 Å². The first kappa shape index (κ1) is 27.7. The molecule has 8 heteroatoms. The molecule has 178 valence electrons. The zero-order valence-electron chi connectivity index (χ0n) is 19.9. The van der Waals surface area contributed by atoms with Crippen LogP contribution in [-0.2, 0) is 13.1 Å². The first-order valence-corrected chi connectivity index (χ1v) is 10.5. The van der Waals surface area contributed by atoms with E-state index < -0.39 is 0 Å². The molecule has 2 aromatic carbocycles. The Balaban J connectivity index is 0.00000512. The Morgan fingerprint density at radius 1 is 0.906 bits per heavy atom. The molecule has 0 spiro atoms. The molecule has 0 radical (unpaired) electrons. The number of nitrogens with one attached hydrogen (secondary N) is 2. The number of aliphatic imine (C=N–C) groups is 1. The van der Waals surface area contributed by atoms with Crippen molar-refractivity contribution in [2.24, 2.45) is 10.9 Å². The molecule has 0 aliphatic heterocycles. The lowest BCUT2D eigenvalue weighted by atomic mass is 10.1. The number of para-hydroxylation sites is 1. The van der Waals surface area contributed by atoms with Crippen molar-refractivity contribution in [3.8, 4) is 23.0 Å². The maximum absolute atomic E-state index is 5.98. The van der Waals surface area contributed by atoms with Crippen LogP contribution in [-0.4, -0.2) is 40.9 Å². The molecule has 0 amide bonds. The van der Waals surface area contributed by atoms with Crippen LogP contribution in [0.1, 0.15) is 31.4 Å². The topological polar surface area (TPSA) is 73.3 Å². The standard InChI is InChI=1S/C24H35N3O4.HI/c1-17(2)11-12-31-20-10-8-7-9-19(20)16-27-24(25-3)26-15-18-13-21(28-4)23(30-6)22(14-18)29-5;/h7-10,13-14,17H,11-12,15-16H2,1-6H3,(H2,25,26,27);1H. The Labute approximate surface area is 208 Å². The van der Waals surface area contributed by atoms with Gasteiger partial charge in [-0.15, -0.1) is 24.0 Å². The van der Waals surface area contributed by atoms with Crippen molar-refractivity contribution in [2.75, 3.05) is 35.0 Å². The van der Waals surface area contributed by atoms with E-state index in [0.717, 1.165) is 23.3 Å². The van der Waals surface area contributed by atoms with E-state index in [4.69, 9.17) is 18.9 Å². The highest BCUT2D eigenvalue weighted by molar-refractivity contribution is 14.0. The second kappa shape index (κ2) is 14.7. The summed E-state index contributed by atoms with van der Waals surface area (Å²) < 4.78 is 22.2. The number of halogens is 1. The Bertz CT molecular complexity index is 834. The number of guanidine groups is 1. The minimum absolute atomic E-state index is 0. The fourth-order valence-electron chi connectivity index (χ4n) is 3.02. The lowest BCUT2D eigenvalue weighted by Gasteiger charge is -2.17. The molecular formula is C24H36IN3O4. The van der Waals surface area contributed by atoms with Crippen LogP contribution >= 0.6 is 24.0 Å². The molecule has 32 heavy (non-hydrogen) atoms. The van der Waals surface area contributed by atoms with Crippen molar-refractivity contribution in [1.82, 2.24) is 10.6 Å². The molecule has 0 unspecified atom stereocenters. The van der Waals surface area contributed by atoms with E-state index >= 15 is 0 Å². The highest BCUT2D eigenvalue weighted by atomic mass is 127. The van der Waals surface area contributed by atoms with Crippen LogP contribution in [0.4, 0.5) is 0 Å². The predicted octanol–water partition coefficient (Wildman–Crippen LogP) is 4.62. The van der Waals surface area contributed by atoms with Crippen LogP contribution in [0.5, 0.6) is 23.0 Å². The first-order valence-electron chi connectivity index (χ1n) is 10.5. The molecule has 0 saturated heterocycles. The quantitative estimate of drug-likeness (QED) is 0.239. The zero-order valence-corrected chi connectivity index (χ0v) is 22.2. The monoisotopic (exact) mass is 557 g/mol. The van der Waals surface area contributed by atoms with Gasteiger partial charge in [0.1, 0.15) is 5.75 Å². The third-order valence-electron chi connectivity index (χ3n) is 4.78. The van der Waals surface area contributed by atoms with E-state index in [1.54, 1.807) is 28.4 Å². The molecule has 7 nitrogen and oxygen atoms in total. The molecule has 0 atom stereocenters. The second-order valence-corrected chi connectivity index (χ2v) is 7.45. The van der Waals surface area contributed by atoms with Crippen LogP contribution in [0.25, 0.3) is 0 Å². The maximum atomic E-state index is 5.98. The third-order valence-corrected chi connectivity index (χ3v) is 4.78. The van der Waals surface area contributed by atoms with Gasteiger partial charge in [0.15, 0.2) is 17.5 Å². The highest BCUT2D eigenvalue weighted by Gasteiger charge is 2.13. The molecule has 0 saturated carbocycles. The van der Waals surface area contributed by atoms with Gasteiger partial charge >= 0.3 is 0 Å². The third kappa shape index (κ3) is 8.29. The molecule has 0 aromatic heterocycles. The molecule has 2 rings (SSSR count). The lowest BCUT2D eigenvalue weighted by Crippen LogP contribution is -2.36. The molecule has 2 aromatic rings. The average molecular weight is 557 g/mol. The van der Waals surface area contributed by atoms with E-state index in [2.05, 4.69) is 35.5 Å². The van der Waals surface area contributed by atoms with E-state index in [0.29, 0.717) is 48.8 Å². The number of rotatable bonds is 11. The molecule has 0 aliphatic carbocycles. The Kier molecular flexibility index (Phi) is 12.7. The summed E-state index contributed by atoms with van der Waals surface area (Å²) in [6.07, 6.45) is 1.03. The normalized spacial score (nSPS) is 10.9. The second-order valence-electron chi connectivity index (χ2n) is 7.45. The number of ether oxygens (including phenoxy) is 4. The first-order chi connectivity index (χ1) is 15.0. The number of nitrogens with zero attached hydrogens (tertiary/aromatic N) is 1. The van der Waals surface area contributed by atoms with Gasteiger partial charge in [0.2, 0.25) is 5.75 Å². The van der Waals surface area contributed by atoms with Crippen molar-refractivity contribution < 1.29 is 18.9 Å². The van der Waals surface area contributed by atoms with Crippen molar-refractivity contribution in [2.45, 2.75) is 33.4 Å². The SMILES string of the molecule is CN=C(NCc1cc(OC)c(OC)c(OC)c1)NCc1ccccc1OCCC(C)C.I. The minimum Gasteiger partial charge on any atom is -0.493 e. The van der Waals surface area contributed by atoms with Crippen molar-refractivity contribution in [3.63, 3.8) is 0 Å². The summed E-state index contributed by atoms with van der Waals surface area (Å²) in [7, 11) is 6.55. The van der Waals surface area contributed by atoms with Gasteiger partial charge in [0, 0.05) is 25.7 Å². The van der Waals surface area contributed by atoms with Crippen LogP contribution in [0.2, 0.25) is 0 Å². The largest absolute Gasteiger partial charge is 0.493 e. The van der Waals surface area contributed by atoms with Gasteiger partial charge in [-0.2, -0.15) is 0 Å². The van der Waals surface area contributed by atoms with Crippen molar-refractivity contribution in [3.05, 3.63) is 47.5 Å². The van der Waals surface area contributed by atoms with E-state index in [1.165, 1.54) is 0 Å². The summed E-state index contributed by atoms with van der Waals surface area (Å²) >= 11 is 0. The average Bonchev–Trinajstić information content (AvgIpc) is 2.78. The van der Waals surface area contributed by atoms with Crippen molar-refractivity contribution >= 4 is 29.9 Å². The lowest BCUT2D eigenvalue weighted by molar-refractivity contribution is 0.286. The number of methoxy groups -OCH3 is 3. The molecule has 0 heterocycles. The van der Waals surface area contributed by atoms with Gasteiger partial charge in [-0.05, 0) is 36.1 Å². The fraction of sp³-hybridized carbons (Fsp3) is 0.458. The summed E-state index contributed by atoms with van der Waals surface area (Å²) in [5.41, 5.74) is 2.07. The maximum Gasteiger partial charge on any atom is 0.203 e. The minimum atomic E-state index is 0. The summed E-state index contributed by atoms with van der Waals surface area (Å²) in [5, 5.41) is 6.67. The molecular weight excluding hydrogens is 521 g/mol. The van der Waals surface area contributed by atoms with Gasteiger partial charge in [0.05, 0.1) is 27.9 Å². The Morgan fingerprint density at radius 3 is 2.09 bits per heavy atom. The highest BCUT2D eigenvalue weighted by Crippen LogP contribution is 2.38. The Morgan fingerprint density at radius 2 is 1.53 bits per heavy atom. The van der Waals surface area contributed by atoms with Crippen LogP contribution in [0.3, 0.4) is 0 Å². The smallest absolute Gasteiger partial charge is 0.203 e. The number of hydrogen-bond acceptors (Lipinski definition) is 5. The summed E-state index contributed by atoms with van der Waals surface area (Å²) in [6, 6.07) is 11.9. The molecule has 2 N–H and O–H groups in total. The summed E-state index contributed by atoms with van der Waals surface area (Å²) in [5.74, 6) is 4.01. The van der Waals surface area contributed by atoms with Gasteiger partial charge in [-0.25, -0.2) is 0 Å². The van der Waals surface area contributed by atoms with Crippen LogP contribution in [0, 0.1) is 5.92 Å². The Hall–Kier alpha value is -2.36. The van der Waals surface area contributed by atoms with Gasteiger partial charge in [-0.1, -0.05) is 32.0 Å². The van der Waals surface area contributed by atoms with E-state index in [9.17, 15) is 0 Å². The summed E-state index contributed by atoms with van der Waals surface area (Å²) in [6.45, 7) is 6.25. The predicted molar refractivity (Wildman–Crippen MR) is 140 cm³/mol. The number of hydrogen-bond donors (Lipinski definition) is 2. The molecule has 0 bridgehead atoms. The van der Waals surface area contributed by atoms with Crippen LogP contribution in [0.15, 0.2) is 41.4 Å². The molecule has 0 fully saturated rings. The van der Waals surface area contributed by atoms with Gasteiger partial charge < -0.3 is 29.6 Å². The van der Waals surface area contributed by atoms with E-state index in [1.807, 2.05) is 30.3 Å². The number of benzene rings is 2. The summed E-state index contributed by atoms with van der Waals surface area (Å²) in [4.78, 5) is 4.32. The van der Waals surface area contributed by atoms with Crippen LogP contribution < -0.4 is 29.6 Å². The van der Waals surface area contributed by atoms with Crippen molar-refractivity contribution in [1.29, 1.82) is 0 Å². The zero-order chi connectivity index (χ0) is 22.6. The van der Waals surface area contributed by atoms with Gasteiger partial charge in [0.25, 0.3) is 0 Å². The van der Waals surface area contributed by atoms with E-state index in [-0.39, 0.29) is 24.0 Å². The fourth-order valence-corrected chi connectivity index (χ4v) is 3.02.